The van der Waals surface area contributed by atoms with E-state index < -0.39 is 40.5 Å². The number of aromatic nitrogens is 3. The van der Waals surface area contributed by atoms with Crippen molar-refractivity contribution in [3.05, 3.63) is 71.8 Å². The van der Waals surface area contributed by atoms with Gasteiger partial charge in [0.1, 0.15) is 22.6 Å². The lowest BCUT2D eigenvalue weighted by molar-refractivity contribution is -0.145. The van der Waals surface area contributed by atoms with Crippen LogP contribution in [0, 0.1) is 0 Å². The van der Waals surface area contributed by atoms with Crippen LogP contribution in [-0.4, -0.2) is 28.0 Å². The van der Waals surface area contributed by atoms with Crippen molar-refractivity contribution in [1.29, 1.82) is 0 Å². The van der Waals surface area contributed by atoms with Crippen molar-refractivity contribution in [3.63, 3.8) is 0 Å². The van der Waals surface area contributed by atoms with Gasteiger partial charge in [-0.25, -0.2) is 13.9 Å². The highest BCUT2D eigenvalue weighted by Gasteiger charge is 2.46. The van der Waals surface area contributed by atoms with Crippen LogP contribution in [-0.2, 0) is 16.5 Å². The fourth-order valence-electron chi connectivity index (χ4n) is 3.63. The Morgan fingerprint density at radius 2 is 1.97 bits per heavy atom. The van der Waals surface area contributed by atoms with Crippen LogP contribution >= 0.6 is 0 Å². The van der Waals surface area contributed by atoms with Crippen molar-refractivity contribution >= 4 is 5.97 Å². The molecule has 2 aromatic heterocycles. The maximum atomic E-state index is 14.7. The molecule has 10 heteroatoms. The number of halogens is 4. The smallest absolute Gasteiger partial charge is 0.433 e. The van der Waals surface area contributed by atoms with Crippen LogP contribution in [0.1, 0.15) is 29.4 Å². The van der Waals surface area contributed by atoms with Crippen LogP contribution in [0.3, 0.4) is 0 Å². The second-order valence-corrected chi connectivity index (χ2v) is 7.33. The number of benzene rings is 1. The van der Waals surface area contributed by atoms with Crippen molar-refractivity contribution in [1.82, 2.24) is 14.9 Å². The summed E-state index contributed by atoms with van der Waals surface area (Å²) in [5.74, 6) is -2.18. The highest BCUT2D eigenvalue weighted by molar-refractivity contribution is 6.01. The van der Waals surface area contributed by atoms with E-state index in [1.807, 2.05) is 0 Å². The first kappa shape index (κ1) is 21.5. The van der Waals surface area contributed by atoms with E-state index in [4.69, 9.17) is 9.26 Å². The summed E-state index contributed by atoms with van der Waals surface area (Å²) < 4.78 is 67.9. The molecule has 6 nitrogen and oxygen atoms in total. The first-order valence-electron chi connectivity index (χ1n) is 9.50. The molecule has 2 heterocycles. The first-order valence-corrected chi connectivity index (χ1v) is 9.50. The Bertz CT molecular complexity index is 1230. The largest absolute Gasteiger partial charge is 0.465 e. The molecule has 3 aromatic rings. The topological polar surface area (TPSA) is 70.2 Å². The second kappa shape index (κ2) is 7.77. The van der Waals surface area contributed by atoms with Gasteiger partial charge in [-0.1, -0.05) is 47.6 Å². The zero-order valence-corrected chi connectivity index (χ0v) is 17.0. The Balaban J connectivity index is 1.97. The fraction of sp³-hybridized carbons (Fsp3) is 0.227. The minimum Gasteiger partial charge on any atom is -0.465 e. The lowest BCUT2D eigenvalue weighted by Crippen LogP contribution is -2.36. The third kappa shape index (κ3) is 3.41. The zero-order valence-electron chi connectivity index (χ0n) is 17.0. The molecular weight excluding hydrogens is 430 g/mol. The van der Waals surface area contributed by atoms with Gasteiger partial charge in [-0.15, -0.1) is 0 Å². The molecule has 166 valence electrons. The number of carbonyl (C=O) groups is 1. The van der Waals surface area contributed by atoms with Gasteiger partial charge in [0, 0.05) is 5.56 Å². The minimum absolute atomic E-state index is 0.0196. The molecule has 0 saturated heterocycles. The van der Waals surface area contributed by atoms with E-state index in [0.29, 0.717) is 10.2 Å². The number of carbonyl (C=O) groups excluding carboxylic acids is 1. The van der Waals surface area contributed by atoms with E-state index in [1.54, 1.807) is 36.4 Å². The number of esters is 1. The summed E-state index contributed by atoms with van der Waals surface area (Å²) in [4.78, 5) is 12.5. The number of hydrogen-bond donors (Lipinski definition) is 0. The highest BCUT2D eigenvalue weighted by Crippen LogP contribution is 2.45. The standard InChI is InChI=1S/C22H17F4N3O3/c1-21(11-7-6-10-15(21)23)29-19(22(24,25)26)14(12-27-29)18-16(20(30)31-2)17(28-32-18)13-8-4-3-5-9-13/h3-10,12H,11H2,1-2H3. The number of allylic oxidation sites excluding steroid dienone is 4. The van der Waals surface area contributed by atoms with Crippen molar-refractivity contribution in [2.24, 2.45) is 0 Å². The van der Waals surface area contributed by atoms with Gasteiger partial charge in [0.15, 0.2) is 11.5 Å². The number of nitrogens with zero attached hydrogens (tertiary/aromatic N) is 3. The van der Waals surface area contributed by atoms with Crippen molar-refractivity contribution in [3.8, 4) is 22.6 Å². The molecule has 1 aromatic carbocycles. The molecule has 1 atom stereocenters. The van der Waals surface area contributed by atoms with E-state index in [9.17, 15) is 22.4 Å². The summed E-state index contributed by atoms with van der Waals surface area (Å²) in [6.45, 7) is 1.31. The Morgan fingerprint density at radius 3 is 2.59 bits per heavy atom. The van der Waals surface area contributed by atoms with Crippen LogP contribution in [0.4, 0.5) is 17.6 Å². The molecule has 1 aliphatic rings. The van der Waals surface area contributed by atoms with Crippen molar-refractivity contribution in [2.75, 3.05) is 7.11 Å². The van der Waals surface area contributed by atoms with Gasteiger partial charge >= 0.3 is 12.1 Å². The second-order valence-electron chi connectivity index (χ2n) is 7.33. The first-order chi connectivity index (χ1) is 15.2. The molecule has 0 radical (unpaired) electrons. The van der Waals surface area contributed by atoms with E-state index in [1.165, 1.54) is 13.0 Å². The van der Waals surface area contributed by atoms with Crippen LogP contribution in [0.15, 0.2) is 65.1 Å². The van der Waals surface area contributed by atoms with Crippen LogP contribution in [0.25, 0.3) is 22.6 Å². The predicted molar refractivity (Wildman–Crippen MR) is 106 cm³/mol. The normalized spacial score (nSPS) is 18.5. The summed E-state index contributed by atoms with van der Waals surface area (Å²) >= 11 is 0. The SMILES string of the molecule is COC(=O)c1c(-c2ccccc2)noc1-c1cnn(C2(C)CC=CC=C2F)c1C(F)(F)F. The molecule has 0 spiro atoms. The maximum Gasteiger partial charge on any atom is 0.433 e. The van der Waals surface area contributed by atoms with E-state index in [0.717, 1.165) is 19.4 Å². The lowest BCUT2D eigenvalue weighted by atomic mass is 9.91. The Labute approximate surface area is 179 Å². The number of rotatable bonds is 4. The van der Waals surface area contributed by atoms with Crippen LogP contribution in [0.2, 0.25) is 0 Å². The van der Waals surface area contributed by atoms with E-state index >= 15 is 0 Å². The number of alkyl halides is 3. The molecule has 1 aliphatic carbocycles. The van der Waals surface area contributed by atoms with Gasteiger partial charge in [0.2, 0.25) is 0 Å². The number of ether oxygens (including phenoxy) is 1. The molecule has 0 fully saturated rings. The van der Waals surface area contributed by atoms with Gasteiger partial charge in [0.05, 0.1) is 18.9 Å². The lowest BCUT2D eigenvalue weighted by Gasteiger charge is -2.31. The average Bonchev–Trinajstić information content (AvgIpc) is 3.40. The summed E-state index contributed by atoms with van der Waals surface area (Å²) in [5.41, 5.74) is -3.33. The predicted octanol–water partition coefficient (Wildman–Crippen LogP) is 5.54. The summed E-state index contributed by atoms with van der Waals surface area (Å²) in [6.07, 6.45) is -0.0359. The van der Waals surface area contributed by atoms with Crippen molar-refractivity contribution in [2.45, 2.75) is 25.1 Å². The Morgan fingerprint density at radius 1 is 1.25 bits per heavy atom. The molecule has 32 heavy (non-hydrogen) atoms. The molecular formula is C22H17F4N3O3. The monoisotopic (exact) mass is 447 g/mol. The van der Waals surface area contributed by atoms with Gasteiger partial charge in [-0.2, -0.15) is 18.3 Å². The average molecular weight is 447 g/mol. The summed E-state index contributed by atoms with van der Waals surface area (Å²) in [5, 5.41) is 7.69. The van der Waals surface area contributed by atoms with Crippen LogP contribution < -0.4 is 0 Å². The molecule has 0 bridgehead atoms. The summed E-state index contributed by atoms with van der Waals surface area (Å²) in [6, 6.07) is 8.33. The minimum atomic E-state index is -4.94. The quantitative estimate of drug-likeness (QED) is 0.388. The van der Waals surface area contributed by atoms with Gasteiger partial charge in [-0.05, 0) is 19.4 Å². The number of hydrogen-bond acceptors (Lipinski definition) is 5. The molecule has 0 saturated carbocycles. The fourth-order valence-corrected chi connectivity index (χ4v) is 3.63. The number of methoxy groups -OCH3 is 1. The molecule has 4 rings (SSSR count). The van der Waals surface area contributed by atoms with Crippen LogP contribution in [0.5, 0.6) is 0 Å². The van der Waals surface area contributed by atoms with Gasteiger partial charge < -0.3 is 9.26 Å². The molecule has 1 unspecified atom stereocenters. The third-order valence-electron chi connectivity index (χ3n) is 5.29. The zero-order chi connectivity index (χ0) is 23.1. The third-order valence-corrected chi connectivity index (χ3v) is 5.29. The maximum absolute atomic E-state index is 14.7. The van der Waals surface area contributed by atoms with Crippen molar-refractivity contribution < 1.29 is 31.6 Å². The van der Waals surface area contributed by atoms with E-state index in [-0.39, 0.29) is 17.7 Å². The Kier molecular flexibility index (Phi) is 5.23. The van der Waals surface area contributed by atoms with Gasteiger partial charge in [-0.3, -0.25) is 0 Å². The molecule has 0 N–H and O–H groups in total. The molecule has 0 amide bonds. The van der Waals surface area contributed by atoms with Gasteiger partial charge in [0.25, 0.3) is 0 Å². The molecule has 0 aliphatic heterocycles. The highest BCUT2D eigenvalue weighted by atomic mass is 19.4. The summed E-state index contributed by atoms with van der Waals surface area (Å²) in [7, 11) is 1.09. The Hall–Kier alpha value is -3.69. The van der Waals surface area contributed by atoms with E-state index in [2.05, 4.69) is 10.3 Å².